The highest BCUT2D eigenvalue weighted by molar-refractivity contribution is 5.83. The van der Waals surface area contributed by atoms with E-state index < -0.39 is 0 Å². The van der Waals surface area contributed by atoms with Crippen molar-refractivity contribution in [2.45, 2.75) is 0 Å². The number of nitrogens with one attached hydrogen (secondary N) is 1. The standard InChI is InChI=1S/C23H19N3O/c1-27-19-14-12-18(13-15-19)24-23-22(16-11-17-7-3-2-4-8-17)25-20-9-5-6-10-21(20)26-23/h2-16H,1H3,(H,24,26)/b16-11+. The van der Waals surface area contributed by atoms with E-state index >= 15 is 0 Å². The number of benzene rings is 3. The molecule has 0 fully saturated rings. The first-order valence-electron chi connectivity index (χ1n) is 8.73. The summed E-state index contributed by atoms with van der Waals surface area (Å²) in [6.45, 7) is 0. The van der Waals surface area contributed by atoms with Crippen molar-refractivity contribution in [3.63, 3.8) is 0 Å². The number of methoxy groups -OCH3 is 1. The Morgan fingerprint density at radius 2 is 1.41 bits per heavy atom. The van der Waals surface area contributed by atoms with E-state index in [2.05, 4.69) is 17.4 Å². The predicted octanol–water partition coefficient (Wildman–Crippen LogP) is 5.55. The van der Waals surface area contributed by atoms with Crippen LogP contribution in [0.2, 0.25) is 0 Å². The molecule has 1 N–H and O–H groups in total. The van der Waals surface area contributed by atoms with Crippen molar-refractivity contribution in [3.05, 3.63) is 90.1 Å². The van der Waals surface area contributed by atoms with Crippen molar-refractivity contribution in [2.75, 3.05) is 12.4 Å². The Labute approximate surface area is 158 Å². The number of aromatic nitrogens is 2. The lowest BCUT2D eigenvalue weighted by Crippen LogP contribution is -2.00. The van der Waals surface area contributed by atoms with Gasteiger partial charge in [-0.2, -0.15) is 0 Å². The fraction of sp³-hybridized carbons (Fsp3) is 0.0435. The SMILES string of the molecule is COc1ccc(Nc2nc3ccccc3nc2/C=C/c2ccccc2)cc1. The van der Waals surface area contributed by atoms with Gasteiger partial charge in [-0.05, 0) is 48.0 Å². The van der Waals surface area contributed by atoms with E-state index in [0.717, 1.165) is 33.7 Å². The Kier molecular flexibility index (Phi) is 4.79. The second kappa shape index (κ2) is 7.70. The van der Waals surface area contributed by atoms with Crippen LogP contribution >= 0.6 is 0 Å². The molecule has 0 bridgehead atoms. The van der Waals surface area contributed by atoms with E-state index in [1.54, 1.807) is 7.11 Å². The highest BCUT2D eigenvalue weighted by Gasteiger charge is 2.07. The normalized spacial score (nSPS) is 11.0. The Morgan fingerprint density at radius 3 is 2.11 bits per heavy atom. The summed E-state index contributed by atoms with van der Waals surface area (Å²) in [4.78, 5) is 9.55. The molecular formula is C23H19N3O. The molecular weight excluding hydrogens is 334 g/mol. The number of nitrogens with zero attached hydrogens (tertiary/aromatic N) is 2. The van der Waals surface area contributed by atoms with Crippen LogP contribution < -0.4 is 10.1 Å². The summed E-state index contributed by atoms with van der Waals surface area (Å²) < 4.78 is 5.22. The highest BCUT2D eigenvalue weighted by Crippen LogP contribution is 2.24. The maximum atomic E-state index is 5.22. The minimum atomic E-state index is 0.714. The number of rotatable bonds is 5. The zero-order valence-corrected chi connectivity index (χ0v) is 15.0. The van der Waals surface area contributed by atoms with Crippen molar-refractivity contribution in [2.24, 2.45) is 0 Å². The van der Waals surface area contributed by atoms with Crippen molar-refractivity contribution >= 4 is 34.7 Å². The van der Waals surface area contributed by atoms with Crippen molar-refractivity contribution in [3.8, 4) is 5.75 Å². The van der Waals surface area contributed by atoms with Crippen LogP contribution in [0.15, 0.2) is 78.9 Å². The molecule has 3 aromatic carbocycles. The first kappa shape index (κ1) is 16.8. The van der Waals surface area contributed by atoms with Gasteiger partial charge in [0.05, 0.1) is 18.1 Å². The van der Waals surface area contributed by atoms with Crippen molar-refractivity contribution in [1.82, 2.24) is 9.97 Å². The number of ether oxygens (including phenoxy) is 1. The summed E-state index contributed by atoms with van der Waals surface area (Å²) in [5.74, 6) is 1.53. The van der Waals surface area contributed by atoms with E-state index in [9.17, 15) is 0 Å². The molecule has 4 heteroatoms. The first-order chi connectivity index (χ1) is 13.3. The summed E-state index contributed by atoms with van der Waals surface area (Å²) in [6.07, 6.45) is 4.03. The molecule has 0 aliphatic rings. The lowest BCUT2D eigenvalue weighted by Gasteiger charge is -2.10. The molecule has 4 rings (SSSR count). The summed E-state index contributed by atoms with van der Waals surface area (Å²) in [7, 11) is 1.66. The summed E-state index contributed by atoms with van der Waals surface area (Å²) in [6, 6.07) is 25.8. The second-order valence-corrected chi connectivity index (χ2v) is 6.04. The topological polar surface area (TPSA) is 47.0 Å². The van der Waals surface area contributed by atoms with Gasteiger partial charge in [-0.25, -0.2) is 9.97 Å². The van der Waals surface area contributed by atoms with E-state index in [4.69, 9.17) is 14.7 Å². The molecule has 0 aliphatic heterocycles. The van der Waals surface area contributed by atoms with Crippen molar-refractivity contribution < 1.29 is 4.74 Å². The minimum absolute atomic E-state index is 0.714. The highest BCUT2D eigenvalue weighted by atomic mass is 16.5. The summed E-state index contributed by atoms with van der Waals surface area (Å²) in [5.41, 5.74) is 4.54. The van der Waals surface area contributed by atoms with Crippen LogP contribution in [0.25, 0.3) is 23.2 Å². The number of para-hydroxylation sites is 2. The second-order valence-electron chi connectivity index (χ2n) is 6.04. The van der Waals surface area contributed by atoms with Gasteiger partial charge in [-0.3, -0.25) is 0 Å². The van der Waals surface area contributed by atoms with Gasteiger partial charge in [-0.15, -0.1) is 0 Å². The van der Waals surface area contributed by atoms with Gasteiger partial charge >= 0.3 is 0 Å². The number of hydrogen-bond donors (Lipinski definition) is 1. The molecule has 0 radical (unpaired) electrons. The molecule has 0 atom stereocenters. The Bertz CT molecular complexity index is 1070. The minimum Gasteiger partial charge on any atom is -0.497 e. The van der Waals surface area contributed by atoms with Gasteiger partial charge in [0, 0.05) is 5.69 Å². The summed E-state index contributed by atoms with van der Waals surface area (Å²) >= 11 is 0. The van der Waals surface area contributed by atoms with E-state index in [0.29, 0.717) is 5.82 Å². The zero-order chi connectivity index (χ0) is 18.5. The molecule has 0 aliphatic carbocycles. The average molecular weight is 353 g/mol. The lowest BCUT2D eigenvalue weighted by atomic mass is 10.2. The lowest BCUT2D eigenvalue weighted by molar-refractivity contribution is 0.415. The fourth-order valence-corrected chi connectivity index (χ4v) is 2.77. The first-order valence-corrected chi connectivity index (χ1v) is 8.73. The van der Waals surface area contributed by atoms with Gasteiger partial charge in [0.15, 0.2) is 5.82 Å². The van der Waals surface area contributed by atoms with Crippen LogP contribution in [0.1, 0.15) is 11.3 Å². The fourth-order valence-electron chi connectivity index (χ4n) is 2.77. The van der Waals surface area contributed by atoms with Gasteiger partial charge in [-0.1, -0.05) is 48.5 Å². The van der Waals surface area contributed by atoms with Crippen molar-refractivity contribution in [1.29, 1.82) is 0 Å². The molecule has 132 valence electrons. The number of anilines is 2. The number of hydrogen-bond acceptors (Lipinski definition) is 4. The molecule has 1 aromatic heterocycles. The number of fused-ring (bicyclic) bond motifs is 1. The third-order valence-electron chi connectivity index (χ3n) is 4.18. The van der Waals surface area contributed by atoms with E-state index in [-0.39, 0.29) is 0 Å². The van der Waals surface area contributed by atoms with Gasteiger partial charge < -0.3 is 10.1 Å². The predicted molar refractivity (Wildman–Crippen MR) is 111 cm³/mol. The Hall–Kier alpha value is -3.66. The van der Waals surface area contributed by atoms with E-state index in [1.165, 1.54) is 0 Å². The monoisotopic (exact) mass is 353 g/mol. The van der Waals surface area contributed by atoms with Crippen LogP contribution in [-0.4, -0.2) is 17.1 Å². The van der Waals surface area contributed by atoms with Crippen LogP contribution in [-0.2, 0) is 0 Å². The van der Waals surface area contributed by atoms with Gasteiger partial charge in [0.25, 0.3) is 0 Å². The molecule has 27 heavy (non-hydrogen) atoms. The maximum absolute atomic E-state index is 5.22. The largest absolute Gasteiger partial charge is 0.497 e. The average Bonchev–Trinajstić information content (AvgIpc) is 2.73. The maximum Gasteiger partial charge on any atom is 0.157 e. The summed E-state index contributed by atoms with van der Waals surface area (Å²) in [5, 5.41) is 3.37. The molecule has 4 nitrogen and oxygen atoms in total. The zero-order valence-electron chi connectivity index (χ0n) is 15.0. The van der Waals surface area contributed by atoms with Gasteiger partial charge in [0.2, 0.25) is 0 Å². The molecule has 1 heterocycles. The molecule has 0 saturated heterocycles. The molecule has 0 amide bonds. The molecule has 0 spiro atoms. The van der Waals surface area contributed by atoms with Crippen LogP contribution in [0, 0.1) is 0 Å². The quantitative estimate of drug-likeness (QED) is 0.511. The van der Waals surface area contributed by atoms with Crippen LogP contribution in [0.5, 0.6) is 5.75 Å². The van der Waals surface area contributed by atoms with Crippen LogP contribution in [0.4, 0.5) is 11.5 Å². The third kappa shape index (κ3) is 3.96. The van der Waals surface area contributed by atoms with E-state index in [1.807, 2.05) is 78.9 Å². The smallest absolute Gasteiger partial charge is 0.157 e. The third-order valence-corrected chi connectivity index (χ3v) is 4.18. The van der Waals surface area contributed by atoms with Crippen LogP contribution in [0.3, 0.4) is 0 Å². The van der Waals surface area contributed by atoms with Gasteiger partial charge in [0.1, 0.15) is 11.4 Å². The molecule has 4 aromatic rings. The molecule has 0 saturated carbocycles. The Balaban J connectivity index is 1.73. The molecule has 0 unspecified atom stereocenters. The Morgan fingerprint density at radius 1 is 0.741 bits per heavy atom.